The zero-order chi connectivity index (χ0) is 10.9. The first-order valence-corrected chi connectivity index (χ1v) is 5.95. The SMILES string of the molecule is CCC=CCCC(C)(C)C=CCCC. The molecule has 0 radical (unpaired) electrons. The minimum Gasteiger partial charge on any atom is -0.0888 e. The van der Waals surface area contributed by atoms with Gasteiger partial charge in [0, 0.05) is 0 Å². The number of allylic oxidation sites excluding steroid dienone is 4. The first-order valence-electron chi connectivity index (χ1n) is 5.95. The smallest absolute Gasteiger partial charge is 0.0172 e. The molecule has 0 atom stereocenters. The van der Waals surface area contributed by atoms with Crippen molar-refractivity contribution < 1.29 is 0 Å². The lowest BCUT2D eigenvalue weighted by atomic mass is 9.87. The van der Waals surface area contributed by atoms with E-state index in [-0.39, 0.29) is 0 Å². The van der Waals surface area contributed by atoms with Crippen molar-refractivity contribution in [3.05, 3.63) is 24.3 Å². The number of unbranched alkanes of at least 4 members (excludes halogenated alkanes) is 1. The Bertz CT molecular complexity index is 172. The molecule has 0 aromatic carbocycles. The molecule has 0 amide bonds. The second kappa shape index (κ2) is 7.84. The van der Waals surface area contributed by atoms with Gasteiger partial charge < -0.3 is 0 Å². The van der Waals surface area contributed by atoms with E-state index in [1.165, 1.54) is 25.7 Å². The van der Waals surface area contributed by atoms with Crippen LogP contribution in [-0.4, -0.2) is 0 Å². The summed E-state index contributed by atoms with van der Waals surface area (Å²) in [4.78, 5) is 0. The van der Waals surface area contributed by atoms with Gasteiger partial charge in [0.05, 0.1) is 0 Å². The van der Waals surface area contributed by atoms with E-state index in [9.17, 15) is 0 Å². The van der Waals surface area contributed by atoms with Gasteiger partial charge in [-0.25, -0.2) is 0 Å². The molecule has 0 aliphatic rings. The van der Waals surface area contributed by atoms with Gasteiger partial charge in [-0.15, -0.1) is 0 Å². The van der Waals surface area contributed by atoms with E-state index < -0.39 is 0 Å². The van der Waals surface area contributed by atoms with Gasteiger partial charge in [-0.1, -0.05) is 58.4 Å². The Hall–Kier alpha value is -0.520. The largest absolute Gasteiger partial charge is 0.0888 e. The van der Waals surface area contributed by atoms with E-state index in [0.29, 0.717) is 5.41 Å². The fourth-order valence-corrected chi connectivity index (χ4v) is 1.39. The fourth-order valence-electron chi connectivity index (χ4n) is 1.39. The summed E-state index contributed by atoms with van der Waals surface area (Å²) in [5.41, 5.74) is 0.368. The van der Waals surface area contributed by atoms with Crippen LogP contribution in [0.3, 0.4) is 0 Å². The predicted molar refractivity (Wildman–Crippen MR) is 66.5 cm³/mol. The van der Waals surface area contributed by atoms with Crippen LogP contribution >= 0.6 is 0 Å². The summed E-state index contributed by atoms with van der Waals surface area (Å²) in [5.74, 6) is 0. The lowest BCUT2D eigenvalue weighted by molar-refractivity contribution is 0.441. The highest BCUT2D eigenvalue weighted by molar-refractivity contribution is 4.96. The highest BCUT2D eigenvalue weighted by Crippen LogP contribution is 2.24. The first-order chi connectivity index (χ1) is 6.62. The Morgan fingerprint density at radius 3 is 2.21 bits per heavy atom. The summed E-state index contributed by atoms with van der Waals surface area (Å²) < 4.78 is 0. The third-order valence-electron chi connectivity index (χ3n) is 2.38. The number of rotatable bonds is 7. The molecule has 0 aromatic heterocycles. The summed E-state index contributed by atoms with van der Waals surface area (Å²) in [6.45, 7) is 9.04. The Labute approximate surface area is 90.1 Å². The molecule has 0 fully saturated rings. The Morgan fingerprint density at radius 1 is 0.929 bits per heavy atom. The van der Waals surface area contributed by atoms with E-state index >= 15 is 0 Å². The molecular formula is C14H26. The first kappa shape index (κ1) is 13.5. The van der Waals surface area contributed by atoms with Crippen LogP contribution in [0.15, 0.2) is 24.3 Å². The molecule has 0 aliphatic heterocycles. The molecule has 0 rings (SSSR count). The van der Waals surface area contributed by atoms with Crippen LogP contribution < -0.4 is 0 Å². The second-order valence-electron chi connectivity index (χ2n) is 4.60. The molecule has 0 saturated heterocycles. The second-order valence-corrected chi connectivity index (χ2v) is 4.60. The topological polar surface area (TPSA) is 0 Å². The molecule has 0 spiro atoms. The normalized spacial score (nSPS) is 13.1. The highest BCUT2D eigenvalue weighted by atomic mass is 14.2. The van der Waals surface area contributed by atoms with E-state index in [2.05, 4.69) is 52.0 Å². The van der Waals surface area contributed by atoms with E-state index in [0.717, 1.165) is 6.42 Å². The minimum absolute atomic E-state index is 0.368. The van der Waals surface area contributed by atoms with Crippen LogP contribution in [0.25, 0.3) is 0 Å². The summed E-state index contributed by atoms with van der Waals surface area (Å²) in [5, 5.41) is 0. The number of hydrogen-bond donors (Lipinski definition) is 0. The monoisotopic (exact) mass is 194 g/mol. The molecule has 0 heteroatoms. The zero-order valence-electron chi connectivity index (χ0n) is 10.3. The van der Waals surface area contributed by atoms with Gasteiger partial charge in [0.1, 0.15) is 0 Å². The molecule has 0 aliphatic carbocycles. The Balaban J connectivity index is 3.76. The van der Waals surface area contributed by atoms with Crippen molar-refractivity contribution in [3.8, 4) is 0 Å². The summed E-state index contributed by atoms with van der Waals surface area (Å²) >= 11 is 0. The lowest BCUT2D eigenvalue weighted by Gasteiger charge is -2.18. The average Bonchev–Trinajstić information content (AvgIpc) is 2.13. The molecule has 82 valence electrons. The van der Waals surface area contributed by atoms with Crippen molar-refractivity contribution in [1.29, 1.82) is 0 Å². The summed E-state index contributed by atoms with van der Waals surface area (Å²) in [7, 11) is 0. The summed E-state index contributed by atoms with van der Waals surface area (Å²) in [6.07, 6.45) is 15.3. The van der Waals surface area contributed by atoms with Crippen molar-refractivity contribution in [1.82, 2.24) is 0 Å². The molecule has 0 bridgehead atoms. The van der Waals surface area contributed by atoms with Gasteiger partial charge in [0.15, 0.2) is 0 Å². The molecule has 0 nitrogen and oxygen atoms in total. The van der Waals surface area contributed by atoms with E-state index in [1.807, 2.05) is 0 Å². The van der Waals surface area contributed by atoms with Crippen molar-refractivity contribution in [2.24, 2.45) is 5.41 Å². The van der Waals surface area contributed by atoms with Gasteiger partial charge in [0.25, 0.3) is 0 Å². The molecule has 0 heterocycles. The zero-order valence-corrected chi connectivity index (χ0v) is 10.3. The van der Waals surface area contributed by atoms with E-state index in [4.69, 9.17) is 0 Å². The van der Waals surface area contributed by atoms with Gasteiger partial charge in [-0.05, 0) is 31.1 Å². The predicted octanol–water partition coefficient (Wildman–Crippen LogP) is 5.12. The Kier molecular flexibility index (Phi) is 7.55. The highest BCUT2D eigenvalue weighted by Gasteiger charge is 2.11. The van der Waals surface area contributed by atoms with Crippen LogP contribution in [-0.2, 0) is 0 Å². The molecular weight excluding hydrogens is 168 g/mol. The number of hydrogen-bond acceptors (Lipinski definition) is 0. The van der Waals surface area contributed by atoms with Gasteiger partial charge in [-0.2, -0.15) is 0 Å². The Morgan fingerprint density at radius 2 is 1.64 bits per heavy atom. The third kappa shape index (κ3) is 8.10. The molecule has 0 aromatic rings. The molecule has 0 unspecified atom stereocenters. The summed E-state index contributed by atoms with van der Waals surface area (Å²) in [6, 6.07) is 0. The molecule has 0 saturated carbocycles. The van der Waals surface area contributed by atoms with Crippen LogP contribution in [0.5, 0.6) is 0 Å². The van der Waals surface area contributed by atoms with Crippen LogP contribution in [0.1, 0.15) is 59.8 Å². The fraction of sp³-hybridized carbons (Fsp3) is 0.714. The maximum absolute atomic E-state index is 2.37. The van der Waals surface area contributed by atoms with Crippen molar-refractivity contribution in [2.75, 3.05) is 0 Å². The third-order valence-corrected chi connectivity index (χ3v) is 2.38. The molecule has 14 heavy (non-hydrogen) atoms. The maximum atomic E-state index is 2.37. The van der Waals surface area contributed by atoms with Crippen molar-refractivity contribution >= 4 is 0 Å². The molecule has 0 N–H and O–H groups in total. The maximum Gasteiger partial charge on any atom is -0.0172 e. The quantitative estimate of drug-likeness (QED) is 0.494. The lowest BCUT2D eigenvalue weighted by Crippen LogP contribution is -2.06. The van der Waals surface area contributed by atoms with Gasteiger partial charge in [0.2, 0.25) is 0 Å². The van der Waals surface area contributed by atoms with Crippen LogP contribution in [0.2, 0.25) is 0 Å². The van der Waals surface area contributed by atoms with Crippen molar-refractivity contribution in [3.63, 3.8) is 0 Å². The average molecular weight is 194 g/mol. The van der Waals surface area contributed by atoms with Crippen LogP contribution in [0.4, 0.5) is 0 Å². The van der Waals surface area contributed by atoms with Gasteiger partial charge in [-0.3, -0.25) is 0 Å². The van der Waals surface area contributed by atoms with Crippen LogP contribution in [0, 0.1) is 5.41 Å². The minimum atomic E-state index is 0.368. The van der Waals surface area contributed by atoms with E-state index in [1.54, 1.807) is 0 Å². The standard InChI is InChI=1S/C14H26/c1-5-7-9-11-13-14(3,4)12-10-8-6-2/h7,9-10,12H,5-6,8,11,13H2,1-4H3. The van der Waals surface area contributed by atoms with Gasteiger partial charge >= 0.3 is 0 Å². The van der Waals surface area contributed by atoms with Crippen molar-refractivity contribution in [2.45, 2.75) is 59.8 Å².